The van der Waals surface area contributed by atoms with Crippen LogP contribution in [0, 0.1) is 0 Å². The fraction of sp³-hybridized carbons (Fsp3) is 0.217. The Morgan fingerprint density at radius 1 is 1.15 bits per heavy atom. The topological polar surface area (TPSA) is 88.2 Å². The van der Waals surface area contributed by atoms with Crippen molar-refractivity contribution in [2.45, 2.75) is 0 Å². The van der Waals surface area contributed by atoms with E-state index in [9.17, 15) is 14.4 Å². The van der Waals surface area contributed by atoms with Crippen LogP contribution in [0.5, 0.6) is 5.75 Å². The van der Waals surface area contributed by atoms with Gasteiger partial charge in [-0.05, 0) is 54.2 Å². The van der Waals surface area contributed by atoms with Gasteiger partial charge >= 0.3 is 0 Å². The van der Waals surface area contributed by atoms with Gasteiger partial charge in [0, 0.05) is 18.1 Å². The number of nitrogens with zero attached hydrogens (tertiary/aromatic N) is 2. The van der Waals surface area contributed by atoms with Gasteiger partial charge in [0.2, 0.25) is 0 Å². The van der Waals surface area contributed by atoms with E-state index in [0.717, 1.165) is 0 Å². The highest BCUT2D eigenvalue weighted by atomic mass is 35.5. The second-order valence-electron chi connectivity index (χ2n) is 7.29. The Kier molecular flexibility index (Phi) is 7.02. The Balaban J connectivity index is 1.46. The summed E-state index contributed by atoms with van der Waals surface area (Å²) in [4.78, 5) is 40.6. The molecule has 3 amide bonds. The van der Waals surface area contributed by atoms with Crippen LogP contribution in [-0.2, 0) is 19.1 Å². The molecule has 4 rings (SSSR count). The average Bonchev–Trinajstić information content (AvgIpc) is 2.81. The highest BCUT2D eigenvalue weighted by molar-refractivity contribution is 7.80. The van der Waals surface area contributed by atoms with E-state index in [1.807, 2.05) is 0 Å². The van der Waals surface area contributed by atoms with Gasteiger partial charge in [-0.1, -0.05) is 29.8 Å². The summed E-state index contributed by atoms with van der Waals surface area (Å²) >= 11 is 11.2. The molecular weight excluding hydrogens is 466 g/mol. The van der Waals surface area contributed by atoms with E-state index in [1.165, 1.54) is 11.0 Å². The molecule has 2 aromatic carbocycles. The summed E-state index contributed by atoms with van der Waals surface area (Å²) in [6, 6.07) is 13.4. The van der Waals surface area contributed by atoms with Crippen molar-refractivity contribution in [3.8, 4) is 5.75 Å². The van der Waals surface area contributed by atoms with Crippen LogP contribution >= 0.6 is 23.8 Å². The van der Waals surface area contributed by atoms with Crippen LogP contribution in [0.1, 0.15) is 5.56 Å². The Labute approximate surface area is 200 Å². The Morgan fingerprint density at radius 3 is 2.58 bits per heavy atom. The predicted molar refractivity (Wildman–Crippen MR) is 127 cm³/mol. The number of amides is 3. The molecule has 1 N–H and O–H groups in total. The maximum absolute atomic E-state index is 13.0. The highest BCUT2D eigenvalue weighted by Gasteiger charge is 2.34. The number of nitrogens with one attached hydrogen (secondary N) is 1. The number of benzene rings is 2. The molecule has 2 aliphatic rings. The number of rotatable bonds is 5. The second kappa shape index (κ2) is 10.1. The molecule has 8 nitrogen and oxygen atoms in total. The first-order valence-corrected chi connectivity index (χ1v) is 11.0. The van der Waals surface area contributed by atoms with E-state index in [4.69, 9.17) is 33.3 Å². The van der Waals surface area contributed by atoms with Crippen molar-refractivity contribution in [1.82, 2.24) is 10.2 Å². The quantitative estimate of drug-likeness (QED) is 0.397. The molecule has 2 saturated heterocycles. The van der Waals surface area contributed by atoms with Crippen molar-refractivity contribution in [1.29, 1.82) is 0 Å². The first-order chi connectivity index (χ1) is 15.9. The fourth-order valence-corrected chi connectivity index (χ4v) is 3.85. The Bertz CT molecular complexity index is 1130. The maximum atomic E-state index is 13.0. The smallest absolute Gasteiger partial charge is 0.270 e. The van der Waals surface area contributed by atoms with Crippen molar-refractivity contribution in [3.63, 3.8) is 0 Å². The number of carbonyl (C=O) groups is 3. The standard InChI is InChI=1S/C23H20ClN3O5S/c24-16-2-1-3-17(13-16)27-22(30)19(21(29)25-23(27)33)12-15-4-6-18(7-5-15)32-14-20(28)26-8-10-31-11-9-26/h1-7,12-13H,8-11,14H2,(H,25,29,33)/b19-12+. The summed E-state index contributed by atoms with van der Waals surface area (Å²) in [7, 11) is 0. The minimum atomic E-state index is -0.584. The molecule has 10 heteroatoms. The lowest BCUT2D eigenvalue weighted by Crippen LogP contribution is -2.54. The van der Waals surface area contributed by atoms with Gasteiger partial charge in [0.05, 0.1) is 18.9 Å². The summed E-state index contributed by atoms with van der Waals surface area (Å²) in [6.45, 7) is 2.09. The molecule has 0 aliphatic carbocycles. The summed E-state index contributed by atoms with van der Waals surface area (Å²) < 4.78 is 10.8. The van der Waals surface area contributed by atoms with E-state index in [0.29, 0.717) is 48.3 Å². The molecular formula is C23H20ClN3O5S. The molecule has 0 saturated carbocycles. The molecule has 2 heterocycles. The van der Waals surface area contributed by atoms with E-state index in [1.54, 1.807) is 53.4 Å². The van der Waals surface area contributed by atoms with E-state index in [2.05, 4.69) is 5.32 Å². The summed E-state index contributed by atoms with van der Waals surface area (Å²) in [5.74, 6) is -0.742. The van der Waals surface area contributed by atoms with Crippen LogP contribution in [0.25, 0.3) is 6.08 Å². The van der Waals surface area contributed by atoms with Crippen molar-refractivity contribution >= 4 is 58.4 Å². The number of carbonyl (C=O) groups excluding carboxylic acids is 3. The van der Waals surface area contributed by atoms with E-state index < -0.39 is 11.8 Å². The average molecular weight is 486 g/mol. The minimum absolute atomic E-state index is 0.0156. The van der Waals surface area contributed by atoms with Crippen molar-refractivity contribution in [2.24, 2.45) is 0 Å². The number of ether oxygens (including phenoxy) is 2. The van der Waals surface area contributed by atoms with Crippen LogP contribution in [0.4, 0.5) is 5.69 Å². The van der Waals surface area contributed by atoms with Crippen LogP contribution in [0.2, 0.25) is 5.02 Å². The number of halogens is 1. The number of hydrogen-bond acceptors (Lipinski definition) is 6. The van der Waals surface area contributed by atoms with Gasteiger partial charge in [-0.2, -0.15) is 0 Å². The van der Waals surface area contributed by atoms with Crippen LogP contribution in [0.3, 0.4) is 0 Å². The third-order valence-electron chi connectivity index (χ3n) is 5.09. The molecule has 2 fully saturated rings. The van der Waals surface area contributed by atoms with Crippen LogP contribution < -0.4 is 15.0 Å². The summed E-state index contributed by atoms with van der Waals surface area (Å²) in [6.07, 6.45) is 1.47. The largest absolute Gasteiger partial charge is 0.484 e. The van der Waals surface area contributed by atoms with Crippen molar-refractivity contribution < 1.29 is 23.9 Å². The number of thiocarbonyl (C=S) groups is 1. The number of morpholine rings is 1. The molecule has 0 bridgehead atoms. The van der Waals surface area contributed by atoms with Gasteiger partial charge in [0.1, 0.15) is 11.3 Å². The van der Waals surface area contributed by atoms with Crippen LogP contribution in [-0.4, -0.2) is 60.6 Å². The number of anilines is 1. The monoisotopic (exact) mass is 485 g/mol. The van der Waals surface area contributed by atoms with Gasteiger partial charge < -0.3 is 14.4 Å². The molecule has 2 aliphatic heterocycles. The SMILES string of the molecule is O=C1NC(=S)N(c2cccc(Cl)c2)C(=O)/C1=C/c1ccc(OCC(=O)N2CCOCC2)cc1. The van der Waals surface area contributed by atoms with E-state index in [-0.39, 0.29) is 23.2 Å². The second-order valence-corrected chi connectivity index (χ2v) is 8.11. The van der Waals surface area contributed by atoms with Crippen molar-refractivity contribution in [2.75, 3.05) is 37.8 Å². The zero-order valence-corrected chi connectivity index (χ0v) is 19.0. The number of hydrogen-bond donors (Lipinski definition) is 1. The lowest BCUT2D eigenvalue weighted by Gasteiger charge is -2.29. The molecule has 2 aromatic rings. The van der Waals surface area contributed by atoms with Gasteiger partial charge in [0.15, 0.2) is 11.7 Å². The molecule has 0 radical (unpaired) electrons. The molecule has 33 heavy (non-hydrogen) atoms. The normalized spacial score (nSPS) is 17.8. The molecule has 0 spiro atoms. The molecule has 0 aromatic heterocycles. The van der Waals surface area contributed by atoms with Gasteiger partial charge in [-0.3, -0.25) is 24.6 Å². The van der Waals surface area contributed by atoms with Crippen LogP contribution in [0.15, 0.2) is 54.1 Å². The fourth-order valence-electron chi connectivity index (χ4n) is 3.38. The zero-order chi connectivity index (χ0) is 23.4. The van der Waals surface area contributed by atoms with Gasteiger partial charge in [-0.25, -0.2) is 0 Å². The highest BCUT2D eigenvalue weighted by Crippen LogP contribution is 2.25. The lowest BCUT2D eigenvalue weighted by molar-refractivity contribution is -0.137. The summed E-state index contributed by atoms with van der Waals surface area (Å²) in [5.41, 5.74) is 0.996. The van der Waals surface area contributed by atoms with Crippen molar-refractivity contribution in [3.05, 3.63) is 64.7 Å². The molecule has 0 atom stereocenters. The van der Waals surface area contributed by atoms with Gasteiger partial charge in [-0.15, -0.1) is 0 Å². The first-order valence-electron chi connectivity index (χ1n) is 10.2. The predicted octanol–water partition coefficient (Wildman–Crippen LogP) is 2.41. The summed E-state index contributed by atoms with van der Waals surface area (Å²) in [5, 5.41) is 2.96. The lowest BCUT2D eigenvalue weighted by atomic mass is 10.1. The molecule has 0 unspecified atom stereocenters. The zero-order valence-electron chi connectivity index (χ0n) is 17.5. The van der Waals surface area contributed by atoms with E-state index >= 15 is 0 Å². The third kappa shape index (κ3) is 5.39. The first kappa shape index (κ1) is 22.9. The maximum Gasteiger partial charge on any atom is 0.270 e. The van der Waals surface area contributed by atoms with Gasteiger partial charge in [0.25, 0.3) is 17.7 Å². The molecule has 170 valence electrons. The Morgan fingerprint density at radius 2 is 1.88 bits per heavy atom. The minimum Gasteiger partial charge on any atom is -0.484 e. The third-order valence-corrected chi connectivity index (χ3v) is 5.61. The Hall–Kier alpha value is -3.27.